The minimum Gasteiger partial charge on any atom is -0.492 e. The summed E-state index contributed by atoms with van der Waals surface area (Å²) in [5.41, 5.74) is 0.00116. The van der Waals surface area contributed by atoms with E-state index in [1.165, 1.54) is 19.2 Å². The van der Waals surface area contributed by atoms with Crippen molar-refractivity contribution in [2.75, 3.05) is 7.11 Å². The lowest BCUT2D eigenvalue weighted by Gasteiger charge is -2.08. The van der Waals surface area contributed by atoms with Crippen LogP contribution in [0.15, 0.2) is 12.1 Å². The van der Waals surface area contributed by atoms with Crippen LogP contribution in [-0.4, -0.2) is 12.9 Å². The predicted octanol–water partition coefficient (Wildman–Crippen LogP) is 2.56. The zero-order chi connectivity index (χ0) is 10.7. The fourth-order valence-corrected chi connectivity index (χ4v) is 1.29. The molecule has 0 bridgehead atoms. The lowest BCUT2D eigenvalue weighted by atomic mass is 10.2. The molecule has 0 amide bonds. The smallest absolute Gasteiger partial charge is 0.177 e. The maximum absolute atomic E-state index is 13.5. The predicted molar refractivity (Wildman–Crippen MR) is 53.8 cm³/mol. The first-order valence-electron chi connectivity index (χ1n) is 3.59. The van der Waals surface area contributed by atoms with Crippen molar-refractivity contribution < 1.29 is 9.13 Å². The number of hydrogen-bond donors (Lipinski definition) is 2. The van der Waals surface area contributed by atoms with Gasteiger partial charge in [0.2, 0.25) is 0 Å². The van der Waals surface area contributed by atoms with E-state index in [1.807, 2.05) is 4.84 Å². The van der Waals surface area contributed by atoms with Crippen LogP contribution >= 0.6 is 23.4 Å². The summed E-state index contributed by atoms with van der Waals surface area (Å²) in [6.45, 7) is 0. The first kappa shape index (κ1) is 11.1. The molecule has 2 N–H and O–H groups in total. The van der Waals surface area contributed by atoms with Gasteiger partial charge in [0.1, 0.15) is 5.84 Å². The summed E-state index contributed by atoms with van der Waals surface area (Å²) in [5.74, 6) is -1.06. The Morgan fingerprint density at radius 1 is 1.57 bits per heavy atom. The minimum atomic E-state index is -0.710. The minimum absolute atomic E-state index is 0.00116. The Bertz CT molecular complexity index is 371. The van der Waals surface area contributed by atoms with Crippen LogP contribution in [0.4, 0.5) is 4.39 Å². The third-order valence-electron chi connectivity index (χ3n) is 1.62. The molecule has 0 aliphatic heterocycles. The van der Waals surface area contributed by atoms with Crippen LogP contribution in [0.25, 0.3) is 0 Å². The number of halogens is 3. The van der Waals surface area contributed by atoms with Gasteiger partial charge in [0, 0.05) is 11.8 Å². The van der Waals surface area contributed by atoms with Gasteiger partial charge in [-0.15, -0.1) is 0 Å². The van der Waals surface area contributed by atoms with Gasteiger partial charge < -0.3 is 4.74 Å². The third kappa shape index (κ3) is 1.91. The highest BCUT2D eigenvalue weighted by molar-refractivity contribution is 6.32. The van der Waals surface area contributed by atoms with E-state index in [0.29, 0.717) is 0 Å². The fraction of sp³-hybridized carbons (Fsp3) is 0.125. The monoisotopic (exact) mass is 236 g/mol. The van der Waals surface area contributed by atoms with Gasteiger partial charge in [0.05, 0.1) is 17.7 Å². The van der Waals surface area contributed by atoms with Crippen LogP contribution < -0.4 is 9.57 Å². The van der Waals surface area contributed by atoms with Crippen LogP contribution in [-0.2, 0) is 0 Å². The summed E-state index contributed by atoms with van der Waals surface area (Å²) in [6, 6.07) is 2.78. The highest BCUT2D eigenvalue weighted by Crippen LogP contribution is 2.29. The molecular weight excluding hydrogens is 230 g/mol. The van der Waals surface area contributed by atoms with Gasteiger partial charge in [-0.2, -0.15) is 0 Å². The third-order valence-corrected chi connectivity index (χ3v) is 2.10. The van der Waals surface area contributed by atoms with Gasteiger partial charge in [0.25, 0.3) is 0 Å². The molecule has 0 unspecified atom stereocenters. The lowest BCUT2D eigenvalue weighted by molar-refractivity contribution is 0.386. The second kappa shape index (κ2) is 4.48. The molecule has 0 aliphatic carbocycles. The highest BCUT2D eigenvalue weighted by atomic mass is 35.5. The van der Waals surface area contributed by atoms with Crippen LogP contribution in [0.1, 0.15) is 5.56 Å². The first-order chi connectivity index (χ1) is 6.61. The highest BCUT2D eigenvalue weighted by Gasteiger charge is 2.15. The summed E-state index contributed by atoms with van der Waals surface area (Å²) in [7, 11) is 1.30. The average molecular weight is 237 g/mol. The molecule has 14 heavy (non-hydrogen) atoms. The molecule has 0 radical (unpaired) electrons. The standard InChI is InChI=1S/C8H7Cl2FN2O/c1-14-7-5(9)3-2-4(6(7)11)8(12)13-10/h2-3H,1H3,(H2,12,13). The van der Waals surface area contributed by atoms with E-state index >= 15 is 0 Å². The van der Waals surface area contributed by atoms with Crippen LogP contribution in [0.5, 0.6) is 5.75 Å². The maximum Gasteiger partial charge on any atom is 0.177 e. The van der Waals surface area contributed by atoms with Crippen molar-refractivity contribution in [3.63, 3.8) is 0 Å². The van der Waals surface area contributed by atoms with Crippen LogP contribution in [0.2, 0.25) is 5.02 Å². The molecular formula is C8H7Cl2FN2O. The number of hydrogen-bond acceptors (Lipinski definition) is 2. The number of amidine groups is 1. The van der Waals surface area contributed by atoms with Crippen molar-refractivity contribution in [3.05, 3.63) is 28.5 Å². The largest absolute Gasteiger partial charge is 0.492 e. The zero-order valence-electron chi connectivity index (χ0n) is 7.20. The number of benzene rings is 1. The van der Waals surface area contributed by atoms with Crippen molar-refractivity contribution in [2.24, 2.45) is 0 Å². The molecule has 0 spiro atoms. The molecule has 1 rings (SSSR count). The average Bonchev–Trinajstić information content (AvgIpc) is 2.18. The normalized spacial score (nSPS) is 9.71. The van der Waals surface area contributed by atoms with Gasteiger partial charge in [-0.25, -0.2) is 4.39 Å². The quantitative estimate of drug-likeness (QED) is 0.471. The first-order valence-corrected chi connectivity index (χ1v) is 4.35. The molecule has 0 aliphatic rings. The van der Waals surface area contributed by atoms with E-state index in [4.69, 9.17) is 33.5 Å². The van der Waals surface area contributed by atoms with Crippen LogP contribution in [0, 0.1) is 11.2 Å². The van der Waals surface area contributed by atoms with Crippen molar-refractivity contribution >= 4 is 29.2 Å². The van der Waals surface area contributed by atoms with Crippen LogP contribution in [0.3, 0.4) is 0 Å². The van der Waals surface area contributed by atoms with Crippen molar-refractivity contribution in [3.8, 4) is 5.75 Å². The molecule has 6 heteroatoms. The van der Waals surface area contributed by atoms with Gasteiger partial charge in [-0.05, 0) is 12.1 Å². The Hall–Kier alpha value is -1.00. The number of nitrogens with one attached hydrogen (secondary N) is 2. The summed E-state index contributed by atoms with van der Waals surface area (Å²) in [4.78, 5) is 2.01. The number of methoxy groups -OCH3 is 1. The summed E-state index contributed by atoms with van der Waals surface area (Å²) >= 11 is 10.8. The molecule has 1 aromatic rings. The topological polar surface area (TPSA) is 45.1 Å². The Kier molecular flexibility index (Phi) is 3.55. The van der Waals surface area contributed by atoms with E-state index < -0.39 is 5.82 Å². The molecule has 0 heterocycles. The molecule has 0 fully saturated rings. The molecule has 0 saturated carbocycles. The Labute approximate surface area is 90.4 Å². The summed E-state index contributed by atoms with van der Waals surface area (Å²) in [6.07, 6.45) is 0. The Morgan fingerprint density at radius 3 is 2.71 bits per heavy atom. The van der Waals surface area contributed by atoms with Gasteiger partial charge >= 0.3 is 0 Å². The van der Waals surface area contributed by atoms with E-state index in [2.05, 4.69) is 0 Å². The SMILES string of the molecule is COc1c(Cl)ccc(C(=N)NCl)c1F. The molecule has 0 saturated heterocycles. The fourth-order valence-electron chi connectivity index (χ4n) is 0.964. The molecule has 1 aromatic carbocycles. The number of ether oxygens (including phenoxy) is 1. The van der Waals surface area contributed by atoms with E-state index in [0.717, 1.165) is 0 Å². The summed E-state index contributed by atoms with van der Waals surface area (Å²) < 4.78 is 18.3. The van der Waals surface area contributed by atoms with E-state index in [9.17, 15) is 4.39 Å². The van der Waals surface area contributed by atoms with E-state index in [-0.39, 0.29) is 22.2 Å². The molecule has 0 aromatic heterocycles. The number of rotatable bonds is 2. The lowest BCUT2D eigenvalue weighted by Crippen LogP contribution is -2.14. The van der Waals surface area contributed by atoms with E-state index in [1.54, 1.807) is 0 Å². The van der Waals surface area contributed by atoms with Crippen molar-refractivity contribution in [1.29, 1.82) is 5.41 Å². The second-order valence-electron chi connectivity index (χ2n) is 2.41. The Morgan fingerprint density at radius 2 is 2.21 bits per heavy atom. The van der Waals surface area contributed by atoms with Gasteiger partial charge in [-0.1, -0.05) is 11.6 Å². The molecule has 0 atom stereocenters. The van der Waals surface area contributed by atoms with Gasteiger partial charge in [-0.3, -0.25) is 10.2 Å². The van der Waals surface area contributed by atoms with Gasteiger partial charge in [0.15, 0.2) is 11.6 Å². The van der Waals surface area contributed by atoms with Crippen molar-refractivity contribution in [1.82, 2.24) is 4.84 Å². The summed E-state index contributed by atoms with van der Waals surface area (Å²) in [5, 5.41) is 7.43. The zero-order valence-corrected chi connectivity index (χ0v) is 8.71. The maximum atomic E-state index is 13.5. The Balaban J connectivity index is 3.28. The van der Waals surface area contributed by atoms with Crippen molar-refractivity contribution in [2.45, 2.75) is 0 Å². The molecule has 3 nitrogen and oxygen atoms in total. The second-order valence-corrected chi connectivity index (χ2v) is 3.01. The molecule has 76 valence electrons.